The van der Waals surface area contributed by atoms with Gasteiger partial charge in [-0.1, -0.05) is 12.1 Å². The molecule has 2 aromatic rings. The average Bonchev–Trinajstić information content (AvgIpc) is 2.92. The molecule has 112 valence electrons. The van der Waals surface area contributed by atoms with Crippen LogP contribution in [0.4, 0.5) is 4.39 Å². The first-order valence-corrected chi connectivity index (χ1v) is 7.77. The molecule has 0 radical (unpaired) electrons. The summed E-state index contributed by atoms with van der Waals surface area (Å²) in [7, 11) is 0. The van der Waals surface area contributed by atoms with Gasteiger partial charge in [0.25, 0.3) is 0 Å². The lowest BCUT2D eigenvalue weighted by atomic mass is 10.1. The summed E-state index contributed by atoms with van der Waals surface area (Å²) in [6, 6.07) is 8.84. The number of aryl methyl sites for hydroxylation is 1. The number of amides is 1. The van der Waals surface area contributed by atoms with E-state index in [0.29, 0.717) is 18.2 Å². The molecule has 0 saturated carbocycles. The van der Waals surface area contributed by atoms with Gasteiger partial charge in [0, 0.05) is 22.8 Å². The van der Waals surface area contributed by atoms with Crippen LogP contribution in [0.1, 0.15) is 34.1 Å². The summed E-state index contributed by atoms with van der Waals surface area (Å²) >= 11 is 1.52. The van der Waals surface area contributed by atoms with Crippen LogP contribution in [-0.2, 0) is 13.0 Å². The lowest BCUT2D eigenvalue weighted by Gasteiger charge is -2.13. The number of hydrogen-bond donors (Lipinski definition) is 2. The van der Waals surface area contributed by atoms with Gasteiger partial charge in [-0.05, 0) is 43.5 Å². The van der Waals surface area contributed by atoms with E-state index in [1.165, 1.54) is 17.4 Å². The lowest BCUT2D eigenvalue weighted by molar-refractivity contribution is 0.100. The lowest BCUT2D eigenvalue weighted by Crippen LogP contribution is -2.25. The van der Waals surface area contributed by atoms with E-state index in [1.54, 1.807) is 17.5 Å². The zero-order chi connectivity index (χ0) is 15.2. The highest BCUT2D eigenvalue weighted by atomic mass is 32.1. The molecule has 3 nitrogen and oxygen atoms in total. The van der Waals surface area contributed by atoms with Crippen LogP contribution < -0.4 is 11.1 Å². The first kappa shape index (κ1) is 15.7. The maximum Gasteiger partial charge on any atom is 0.249 e. The minimum absolute atomic E-state index is 0.189. The Morgan fingerprint density at radius 2 is 2.24 bits per heavy atom. The molecule has 0 aliphatic carbocycles. The Labute approximate surface area is 128 Å². The van der Waals surface area contributed by atoms with Crippen molar-refractivity contribution in [2.75, 3.05) is 0 Å². The van der Waals surface area contributed by atoms with Crippen molar-refractivity contribution < 1.29 is 9.18 Å². The van der Waals surface area contributed by atoms with Crippen molar-refractivity contribution in [1.29, 1.82) is 0 Å². The third kappa shape index (κ3) is 4.95. The van der Waals surface area contributed by atoms with Crippen LogP contribution in [-0.4, -0.2) is 11.9 Å². The van der Waals surface area contributed by atoms with Crippen molar-refractivity contribution in [2.24, 2.45) is 5.73 Å². The normalized spacial score (nSPS) is 12.3. The van der Waals surface area contributed by atoms with Gasteiger partial charge in [0.2, 0.25) is 5.91 Å². The number of benzene rings is 1. The van der Waals surface area contributed by atoms with E-state index in [0.717, 1.165) is 23.3 Å². The molecule has 1 atom stereocenters. The van der Waals surface area contributed by atoms with Crippen molar-refractivity contribution >= 4 is 17.2 Å². The van der Waals surface area contributed by atoms with Gasteiger partial charge in [0.1, 0.15) is 5.82 Å². The van der Waals surface area contributed by atoms with E-state index >= 15 is 0 Å². The molecular weight excluding hydrogens is 287 g/mol. The quantitative estimate of drug-likeness (QED) is 0.826. The van der Waals surface area contributed by atoms with Gasteiger partial charge in [-0.2, -0.15) is 0 Å². The molecule has 0 saturated heterocycles. The average molecular weight is 306 g/mol. The van der Waals surface area contributed by atoms with Crippen LogP contribution >= 0.6 is 11.3 Å². The Bertz CT molecular complexity index is 612. The van der Waals surface area contributed by atoms with Crippen LogP contribution in [0.15, 0.2) is 35.7 Å². The Morgan fingerprint density at radius 3 is 2.90 bits per heavy atom. The molecule has 1 amide bonds. The highest BCUT2D eigenvalue weighted by Gasteiger charge is 2.07. The molecule has 0 spiro atoms. The van der Waals surface area contributed by atoms with E-state index in [1.807, 2.05) is 12.1 Å². The monoisotopic (exact) mass is 306 g/mol. The van der Waals surface area contributed by atoms with E-state index in [9.17, 15) is 9.18 Å². The maximum atomic E-state index is 13.1. The molecule has 2 rings (SSSR count). The number of rotatable bonds is 7. The molecule has 0 aliphatic rings. The van der Waals surface area contributed by atoms with Gasteiger partial charge in [0.05, 0.1) is 5.56 Å². The second-order valence-electron chi connectivity index (χ2n) is 5.12. The van der Waals surface area contributed by atoms with Crippen LogP contribution in [0.25, 0.3) is 0 Å². The van der Waals surface area contributed by atoms with Crippen molar-refractivity contribution in [3.05, 3.63) is 57.5 Å². The van der Waals surface area contributed by atoms with Crippen molar-refractivity contribution in [3.63, 3.8) is 0 Å². The molecule has 3 N–H and O–H groups in total. The fourth-order valence-electron chi connectivity index (χ4n) is 2.06. The van der Waals surface area contributed by atoms with Gasteiger partial charge in [-0.15, -0.1) is 11.3 Å². The minimum atomic E-state index is -0.392. The first-order chi connectivity index (χ1) is 10.0. The summed E-state index contributed by atoms with van der Waals surface area (Å²) in [5, 5.41) is 5.18. The zero-order valence-electron chi connectivity index (χ0n) is 11.9. The summed E-state index contributed by atoms with van der Waals surface area (Å²) in [4.78, 5) is 12.1. The topological polar surface area (TPSA) is 55.1 Å². The SMILES string of the molecule is CC(CCc1cccc(F)c1)NCc1cc(C(N)=O)cs1. The van der Waals surface area contributed by atoms with Gasteiger partial charge in [-0.25, -0.2) is 4.39 Å². The molecule has 1 unspecified atom stereocenters. The molecular formula is C16H19FN2OS. The summed E-state index contributed by atoms with van der Waals surface area (Å²) in [6.07, 6.45) is 1.76. The maximum absolute atomic E-state index is 13.1. The molecule has 0 aliphatic heterocycles. The standard InChI is InChI=1S/C16H19FN2OS/c1-11(5-6-12-3-2-4-14(17)7-12)19-9-15-8-13(10-21-15)16(18)20/h2-4,7-8,10-11,19H,5-6,9H2,1H3,(H2,18,20). The highest BCUT2D eigenvalue weighted by Crippen LogP contribution is 2.14. The molecule has 1 aromatic heterocycles. The summed E-state index contributed by atoms with van der Waals surface area (Å²) in [5.41, 5.74) is 6.79. The minimum Gasteiger partial charge on any atom is -0.366 e. The van der Waals surface area contributed by atoms with Crippen LogP contribution in [0.2, 0.25) is 0 Å². The van der Waals surface area contributed by atoms with Crippen LogP contribution in [0, 0.1) is 5.82 Å². The van der Waals surface area contributed by atoms with E-state index < -0.39 is 5.91 Å². The number of nitrogens with one attached hydrogen (secondary N) is 1. The number of halogens is 1. The Kier molecular flexibility index (Phi) is 5.47. The molecule has 5 heteroatoms. The first-order valence-electron chi connectivity index (χ1n) is 6.89. The highest BCUT2D eigenvalue weighted by molar-refractivity contribution is 7.10. The van der Waals surface area contributed by atoms with Gasteiger partial charge in [0.15, 0.2) is 0 Å². The van der Waals surface area contributed by atoms with Gasteiger partial charge in [-0.3, -0.25) is 4.79 Å². The van der Waals surface area contributed by atoms with Gasteiger partial charge >= 0.3 is 0 Å². The number of carbonyl (C=O) groups is 1. The molecule has 0 fully saturated rings. The summed E-state index contributed by atoms with van der Waals surface area (Å²) < 4.78 is 13.1. The fraction of sp³-hybridized carbons (Fsp3) is 0.312. The smallest absolute Gasteiger partial charge is 0.249 e. The number of primary amides is 1. The second-order valence-corrected chi connectivity index (χ2v) is 6.11. The second kappa shape index (κ2) is 7.33. The van der Waals surface area contributed by atoms with Crippen molar-refractivity contribution in [2.45, 2.75) is 32.4 Å². The van der Waals surface area contributed by atoms with Crippen molar-refractivity contribution in [3.8, 4) is 0 Å². The van der Waals surface area contributed by atoms with Crippen molar-refractivity contribution in [1.82, 2.24) is 5.32 Å². The molecule has 21 heavy (non-hydrogen) atoms. The number of carbonyl (C=O) groups excluding carboxylic acids is 1. The van der Waals surface area contributed by atoms with E-state index in [2.05, 4.69) is 12.2 Å². The Balaban J connectivity index is 1.76. The molecule has 1 heterocycles. The number of thiophene rings is 1. The summed E-state index contributed by atoms with van der Waals surface area (Å²) in [6.45, 7) is 2.81. The fourth-order valence-corrected chi connectivity index (χ4v) is 2.88. The van der Waals surface area contributed by atoms with Gasteiger partial charge < -0.3 is 11.1 Å². The van der Waals surface area contributed by atoms with Crippen LogP contribution in [0.5, 0.6) is 0 Å². The van der Waals surface area contributed by atoms with E-state index in [-0.39, 0.29) is 5.82 Å². The zero-order valence-corrected chi connectivity index (χ0v) is 12.8. The number of nitrogens with two attached hydrogens (primary N) is 1. The third-order valence-corrected chi connectivity index (χ3v) is 4.25. The number of hydrogen-bond acceptors (Lipinski definition) is 3. The predicted octanol–water partition coefficient (Wildman–Crippen LogP) is 3.10. The Hall–Kier alpha value is -1.72. The Morgan fingerprint density at radius 1 is 1.43 bits per heavy atom. The van der Waals surface area contributed by atoms with E-state index in [4.69, 9.17) is 5.73 Å². The summed E-state index contributed by atoms with van der Waals surface area (Å²) in [5.74, 6) is -0.581. The third-order valence-electron chi connectivity index (χ3n) is 3.32. The largest absolute Gasteiger partial charge is 0.366 e. The molecule has 0 bridgehead atoms. The molecule has 1 aromatic carbocycles. The van der Waals surface area contributed by atoms with Crippen LogP contribution in [0.3, 0.4) is 0 Å². The predicted molar refractivity (Wildman–Crippen MR) is 83.9 cm³/mol.